The number of benzene rings is 3. The van der Waals surface area contributed by atoms with Gasteiger partial charge >= 0.3 is 0 Å². The van der Waals surface area contributed by atoms with Crippen LogP contribution in [0.2, 0.25) is 0 Å². The third-order valence-corrected chi connectivity index (χ3v) is 4.45. The molecule has 4 rings (SSSR count). The maximum absolute atomic E-state index is 12.1. The highest BCUT2D eigenvalue weighted by molar-refractivity contribution is 5.92. The van der Waals surface area contributed by atoms with Gasteiger partial charge in [0.1, 0.15) is 5.75 Å². The average molecular weight is 341 g/mol. The summed E-state index contributed by atoms with van der Waals surface area (Å²) in [5.74, 6) is 1.68. The van der Waals surface area contributed by atoms with E-state index in [1.54, 1.807) is 6.08 Å². The molecule has 0 spiro atoms. The molecule has 0 N–H and O–H groups in total. The minimum atomic E-state index is -0.0470. The second-order valence-electron chi connectivity index (χ2n) is 6.20. The molecular weight excluding hydrogens is 322 g/mol. The Hall–Kier alpha value is -3.33. The second-order valence-corrected chi connectivity index (χ2v) is 6.20. The van der Waals surface area contributed by atoms with Gasteiger partial charge in [-0.2, -0.15) is 0 Å². The van der Waals surface area contributed by atoms with Crippen molar-refractivity contribution in [2.24, 2.45) is 0 Å². The Bertz CT molecular complexity index is 919. The van der Waals surface area contributed by atoms with Crippen LogP contribution in [0.25, 0.3) is 0 Å². The number of ketones is 1. The van der Waals surface area contributed by atoms with Gasteiger partial charge in [-0.25, -0.2) is 0 Å². The number of hydrogen-bond acceptors (Lipinski definition) is 3. The van der Waals surface area contributed by atoms with Crippen molar-refractivity contribution < 1.29 is 9.53 Å². The van der Waals surface area contributed by atoms with E-state index in [-0.39, 0.29) is 11.8 Å². The van der Waals surface area contributed by atoms with Crippen molar-refractivity contribution >= 4 is 11.5 Å². The van der Waals surface area contributed by atoms with Gasteiger partial charge in [0, 0.05) is 12.6 Å². The molecule has 1 aliphatic heterocycles. The predicted octanol–water partition coefficient (Wildman–Crippen LogP) is 5.51. The summed E-state index contributed by atoms with van der Waals surface area (Å²) in [5.41, 5.74) is 2.05. The van der Waals surface area contributed by atoms with Gasteiger partial charge in [-0.3, -0.25) is 4.79 Å². The Kier molecular flexibility index (Phi) is 4.52. The summed E-state index contributed by atoms with van der Waals surface area (Å²) in [6, 6.07) is 27.7. The smallest absolute Gasteiger partial charge is 0.159 e. The van der Waals surface area contributed by atoms with E-state index in [4.69, 9.17) is 4.74 Å². The van der Waals surface area contributed by atoms with Crippen LogP contribution < -0.4 is 9.64 Å². The quantitative estimate of drug-likeness (QED) is 0.626. The van der Waals surface area contributed by atoms with Crippen LogP contribution >= 0.6 is 0 Å². The molecule has 0 aromatic heterocycles. The van der Waals surface area contributed by atoms with Crippen molar-refractivity contribution in [1.82, 2.24) is 0 Å². The lowest BCUT2D eigenvalue weighted by Crippen LogP contribution is -2.29. The van der Waals surface area contributed by atoms with E-state index in [0.29, 0.717) is 6.42 Å². The lowest BCUT2D eigenvalue weighted by atomic mass is 9.96. The molecular formula is C23H19NO2. The molecule has 0 amide bonds. The Morgan fingerprint density at radius 1 is 0.808 bits per heavy atom. The third-order valence-electron chi connectivity index (χ3n) is 4.45. The minimum Gasteiger partial charge on any atom is -0.455 e. The summed E-state index contributed by atoms with van der Waals surface area (Å²) < 4.78 is 6.11. The molecule has 26 heavy (non-hydrogen) atoms. The third kappa shape index (κ3) is 3.38. The highest BCUT2D eigenvalue weighted by atomic mass is 16.5. The largest absolute Gasteiger partial charge is 0.455 e. The average Bonchev–Trinajstić information content (AvgIpc) is 2.70. The van der Waals surface area contributed by atoms with Crippen LogP contribution in [0, 0.1) is 0 Å². The number of rotatable bonds is 4. The number of para-hydroxylation sites is 3. The number of allylic oxidation sites excluding steroid dienone is 1. The highest BCUT2D eigenvalue weighted by Crippen LogP contribution is 2.39. The molecule has 3 nitrogen and oxygen atoms in total. The molecule has 1 atom stereocenters. The van der Waals surface area contributed by atoms with Gasteiger partial charge in [-0.15, -0.1) is 0 Å². The molecule has 1 unspecified atom stereocenters. The number of carbonyl (C=O) groups is 1. The van der Waals surface area contributed by atoms with E-state index in [0.717, 1.165) is 22.7 Å². The van der Waals surface area contributed by atoms with Crippen LogP contribution in [-0.4, -0.2) is 5.78 Å². The van der Waals surface area contributed by atoms with Crippen LogP contribution in [0.4, 0.5) is 5.69 Å². The summed E-state index contributed by atoms with van der Waals surface area (Å²) in [7, 11) is 0. The Morgan fingerprint density at radius 2 is 1.46 bits per heavy atom. The van der Waals surface area contributed by atoms with E-state index in [2.05, 4.69) is 17.0 Å². The Balaban J connectivity index is 1.73. The first kappa shape index (κ1) is 16.2. The van der Waals surface area contributed by atoms with Crippen molar-refractivity contribution in [3.05, 3.63) is 103 Å². The monoisotopic (exact) mass is 341 g/mol. The molecule has 3 aromatic carbocycles. The summed E-state index contributed by atoms with van der Waals surface area (Å²) >= 11 is 0. The van der Waals surface area contributed by atoms with Gasteiger partial charge in [-0.1, -0.05) is 60.7 Å². The van der Waals surface area contributed by atoms with E-state index in [1.807, 2.05) is 79.0 Å². The first-order valence-corrected chi connectivity index (χ1v) is 8.67. The van der Waals surface area contributed by atoms with Crippen molar-refractivity contribution in [3.8, 4) is 11.5 Å². The van der Waals surface area contributed by atoms with Crippen molar-refractivity contribution in [2.45, 2.75) is 12.5 Å². The minimum absolute atomic E-state index is 0.0470. The van der Waals surface area contributed by atoms with Crippen LogP contribution in [0.5, 0.6) is 11.5 Å². The molecule has 0 saturated carbocycles. The van der Waals surface area contributed by atoms with Crippen LogP contribution in [0.3, 0.4) is 0 Å². The molecule has 3 aromatic rings. The van der Waals surface area contributed by atoms with Gasteiger partial charge in [-0.05, 0) is 35.9 Å². The maximum Gasteiger partial charge on any atom is 0.159 e. The Morgan fingerprint density at radius 3 is 2.23 bits per heavy atom. The predicted molar refractivity (Wildman–Crippen MR) is 103 cm³/mol. The standard InChI is InChI=1S/C23H19NO2/c25-19-15-16-24(22(17-19)18-9-3-1-4-10-18)21-13-7-8-14-23(21)26-20-11-5-2-6-12-20/h1-16,22H,17H2. The molecule has 1 heterocycles. The number of ether oxygens (including phenoxy) is 1. The molecule has 0 bridgehead atoms. The van der Waals surface area contributed by atoms with Gasteiger partial charge in [0.15, 0.2) is 11.5 Å². The van der Waals surface area contributed by atoms with Crippen molar-refractivity contribution in [1.29, 1.82) is 0 Å². The summed E-state index contributed by atoms with van der Waals surface area (Å²) in [5, 5.41) is 0. The molecule has 0 saturated heterocycles. The molecule has 1 aliphatic rings. The molecule has 0 aliphatic carbocycles. The lowest BCUT2D eigenvalue weighted by molar-refractivity contribution is -0.115. The highest BCUT2D eigenvalue weighted by Gasteiger charge is 2.27. The molecule has 3 heteroatoms. The zero-order valence-corrected chi connectivity index (χ0v) is 14.3. The number of nitrogens with zero attached hydrogens (tertiary/aromatic N) is 1. The lowest BCUT2D eigenvalue weighted by Gasteiger charge is -2.34. The van der Waals surface area contributed by atoms with Crippen molar-refractivity contribution in [2.75, 3.05) is 4.90 Å². The number of carbonyl (C=O) groups excluding carboxylic acids is 1. The molecule has 0 radical (unpaired) electrons. The van der Waals surface area contributed by atoms with Crippen molar-refractivity contribution in [3.63, 3.8) is 0 Å². The van der Waals surface area contributed by atoms with E-state index < -0.39 is 0 Å². The fraction of sp³-hybridized carbons (Fsp3) is 0.0870. The van der Waals surface area contributed by atoms with Gasteiger partial charge in [0.2, 0.25) is 0 Å². The number of anilines is 1. The number of hydrogen-bond donors (Lipinski definition) is 0. The van der Waals surface area contributed by atoms with Gasteiger partial charge in [0.05, 0.1) is 11.7 Å². The normalized spacial score (nSPS) is 16.5. The molecule has 128 valence electrons. The topological polar surface area (TPSA) is 29.5 Å². The second kappa shape index (κ2) is 7.28. The van der Waals surface area contributed by atoms with Crippen LogP contribution in [0.1, 0.15) is 18.0 Å². The van der Waals surface area contributed by atoms with E-state index in [1.165, 1.54) is 0 Å². The first-order chi connectivity index (χ1) is 12.8. The SMILES string of the molecule is O=C1C=CN(c2ccccc2Oc2ccccc2)C(c2ccccc2)C1. The zero-order valence-electron chi connectivity index (χ0n) is 14.3. The van der Waals surface area contributed by atoms with E-state index >= 15 is 0 Å². The van der Waals surface area contributed by atoms with E-state index in [9.17, 15) is 4.79 Å². The fourth-order valence-corrected chi connectivity index (χ4v) is 3.20. The fourth-order valence-electron chi connectivity index (χ4n) is 3.20. The zero-order chi connectivity index (χ0) is 17.8. The van der Waals surface area contributed by atoms with Crippen LogP contribution in [-0.2, 0) is 4.79 Å². The van der Waals surface area contributed by atoms with Gasteiger partial charge in [0.25, 0.3) is 0 Å². The maximum atomic E-state index is 12.1. The summed E-state index contributed by atoms with van der Waals surface area (Å²) in [4.78, 5) is 14.2. The van der Waals surface area contributed by atoms with Crippen LogP contribution in [0.15, 0.2) is 97.2 Å². The van der Waals surface area contributed by atoms with Gasteiger partial charge < -0.3 is 9.64 Å². The molecule has 0 fully saturated rings. The summed E-state index contributed by atoms with van der Waals surface area (Å²) in [6.07, 6.45) is 3.94. The summed E-state index contributed by atoms with van der Waals surface area (Å²) in [6.45, 7) is 0. The first-order valence-electron chi connectivity index (χ1n) is 8.67. The Labute approximate surface area is 153 Å².